The zero-order valence-corrected chi connectivity index (χ0v) is 12.7. The number of halogens is 3. The second-order valence-electron chi connectivity index (χ2n) is 5.18. The fraction of sp³-hybridized carbons (Fsp3) is 0.235. The van der Waals surface area contributed by atoms with Crippen LogP contribution in [0.25, 0.3) is 0 Å². The van der Waals surface area contributed by atoms with Crippen LogP contribution < -0.4 is 10.1 Å². The lowest BCUT2D eigenvalue weighted by atomic mass is 10.1. The minimum atomic E-state index is -4.39. The summed E-state index contributed by atoms with van der Waals surface area (Å²) in [6.07, 6.45) is -4.39. The number of hydrogen-bond donors (Lipinski definition) is 1. The Morgan fingerprint density at radius 1 is 1.09 bits per heavy atom. The number of aryl methyl sites for hydroxylation is 2. The van der Waals surface area contributed by atoms with Gasteiger partial charge in [-0.05, 0) is 49.7 Å². The standard InChI is InChI=1S/C17H16F3NO2/c1-11-3-8-15(12(2)9-11)23-10-16(22)21-14-6-4-13(5-7-14)17(18,19)20/h3-9H,10H2,1-2H3,(H,21,22). The summed E-state index contributed by atoms with van der Waals surface area (Å²) in [7, 11) is 0. The predicted molar refractivity (Wildman–Crippen MR) is 81.5 cm³/mol. The van der Waals surface area contributed by atoms with Gasteiger partial charge in [0.05, 0.1) is 5.56 Å². The molecule has 0 aliphatic rings. The molecule has 1 N–H and O–H groups in total. The Kier molecular flexibility index (Phi) is 4.93. The van der Waals surface area contributed by atoms with Crippen LogP contribution in [0.4, 0.5) is 18.9 Å². The van der Waals surface area contributed by atoms with Crippen molar-refractivity contribution in [2.24, 2.45) is 0 Å². The first-order valence-electron chi connectivity index (χ1n) is 6.93. The lowest BCUT2D eigenvalue weighted by Crippen LogP contribution is -2.20. The van der Waals surface area contributed by atoms with E-state index in [2.05, 4.69) is 5.32 Å². The zero-order chi connectivity index (χ0) is 17.0. The largest absolute Gasteiger partial charge is 0.483 e. The Hall–Kier alpha value is -2.50. The maximum Gasteiger partial charge on any atom is 0.416 e. The average molecular weight is 323 g/mol. The number of amides is 1. The maximum absolute atomic E-state index is 12.4. The molecule has 0 aliphatic heterocycles. The van der Waals surface area contributed by atoms with E-state index in [0.717, 1.165) is 23.3 Å². The molecular weight excluding hydrogens is 307 g/mol. The Balaban J connectivity index is 1.92. The van der Waals surface area contributed by atoms with E-state index >= 15 is 0 Å². The van der Waals surface area contributed by atoms with Crippen LogP contribution in [0.3, 0.4) is 0 Å². The number of carbonyl (C=O) groups is 1. The summed E-state index contributed by atoms with van der Waals surface area (Å²) in [6, 6.07) is 9.83. The van der Waals surface area contributed by atoms with E-state index in [1.54, 1.807) is 6.07 Å². The van der Waals surface area contributed by atoms with Crippen molar-refractivity contribution in [2.75, 3.05) is 11.9 Å². The van der Waals surface area contributed by atoms with Crippen LogP contribution in [0, 0.1) is 13.8 Å². The first kappa shape index (κ1) is 16.9. The molecule has 0 fully saturated rings. The smallest absolute Gasteiger partial charge is 0.416 e. The topological polar surface area (TPSA) is 38.3 Å². The van der Waals surface area contributed by atoms with Gasteiger partial charge in [0, 0.05) is 5.69 Å². The van der Waals surface area contributed by atoms with E-state index in [1.165, 1.54) is 12.1 Å². The van der Waals surface area contributed by atoms with Crippen molar-refractivity contribution < 1.29 is 22.7 Å². The molecule has 0 heterocycles. The van der Waals surface area contributed by atoms with Crippen LogP contribution in [-0.2, 0) is 11.0 Å². The number of rotatable bonds is 4. The summed E-state index contributed by atoms with van der Waals surface area (Å²) in [6.45, 7) is 3.61. The third kappa shape index (κ3) is 4.74. The van der Waals surface area contributed by atoms with Crippen molar-refractivity contribution in [1.29, 1.82) is 0 Å². The van der Waals surface area contributed by atoms with Gasteiger partial charge in [0.2, 0.25) is 0 Å². The fourth-order valence-corrected chi connectivity index (χ4v) is 2.04. The molecule has 0 atom stereocenters. The number of ether oxygens (including phenoxy) is 1. The van der Waals surface area contributed by atoms with E-state index in [9.17, 15) is 18.0 Å². The second-order valence-corrected chi connectivity index (χ2v) is 5.18. The highest BCUT2D eigenvalue weighted by atomic mass is 19.4. The van der Waals surface area contributed by atoms with Gasteiger partial charge < -0.3 is 10.1 Å². The molecule has 0 aromatic heterocycles. The third-order valence-electron chi connectivity index (χ3n) is 3.19. The normalized spacial score (nSPS) is 11.2. The van der Waals surface area contributed by atoms with Gasteiger partial charge in [-0.3, -0.25) is 4.79 Å². The summed E-state index contributed by atoms with van der Waals surface area (Å²) in [4.78, 5) is 11.8. The number of carbonyl (C=O) groups excluding carboxylic acids is 1. The van der Waals surface area contributed by atoms with Gasteiger partial charge in [-0.1, -0.05) is 17.7 Å². The Bertz CT molecular complexity index is 694. The lowest BCUT2D eigenvalue weighted by molar-refractivity contribution is -0.137. The lowest BCUT2D eigenvalue weighted by Gasteiger charge is -2.11. The molecule has 0 saturated carbocycles. The molecule has 3 nitrogen and oxygen atoms in total. The summed E-state index contributed by atoms with van der Waals surface area (Å²) in [5.41, 5.74) is 1.52. The van der Waals surface area contributed by atoms with Gasteiger partial charge in [0.1, 0.15) is 5.75 Å². The Labute approximate surface area is 132 Å². The summed E-state index contributed by atoms with van der Waals surface area (Å²) >= 11 is 0. The van der Waals surface area contributed by atoms with Crippen LogP contribution in [0.5, 0.6) is 5.75 Å². The number of benzene rings is 2. The molecule has 2 aromatic carbocycles. The summed E-state index contributed by atoms with van der Waals surface area (Å²) in [5, 5.41) is 2.49. The maximum atomic E-state index is 12.4. The molecule has 0 aliphatic carbocycles. The number of hydrogen-bond acceptors (Lipinski definition) is 2. The van der Waals surface area contributed by atoms with Crippen molar-refractivity contribution in [3.8, 4) is 5.75 Å². The predicted octanol–water partition coefficient (Wildman–Crippen LogP) is 4.34. The van der Waals surface area contributed by atoms with Crippen molar-refractivity contribution in [2.45, 2.75) is 20.0 Å². The van der Waals surface area contributed by atoms with Gasteiger partial charge in [0.15, 0.2) is 6.61 Å². The quantitative estimate of drug-likeness (QED) is 0.909. The van der Waals surface area contributed by atoms with E-state index in [-0.39, 0.29) is 12.3 Å². The molecule has 23 heavy (non-hydrogen) atoms. The van der Waals surface area contributed by atoms with Crippen LogP contribution in [0.1, 0.15) is 16.7 Å². The minimum absolute atomic E-state index is 0.217. The van der Waals surface area contributed by atoms with Crippen LogP contribution in [0.15, 0.2) is 42.5 Å². The Morgan fingerprint density at radius 2 is 1.74 bits per heavy atom. The minimum Gasteiger partial charge on any atom is -0.483 e. The number of anilines is 1. The molecule has 122 valence electrons. The summed E-state index contributed by atoms with van der Waals surface area (Å²) < 4.78 is 42.8. The first-order valence-corrected chi connectivity index (χ1v) is 6.93. The second kappa shape index (κ2) is 6.73. The molecule has 0 unspecified atom stereocenters. The van der Waals surface area contributed by atoms with Gasteiger partial charge in [-0.2, -0.15) is 13.2 Å². The van der Waals surface area contributed by atoms with Crippen LogP contribution in [0.2, 0.25) is 0 Å². The molecule has 1 amide bonds. The van der Waals surface area contributed by atoms with E-state index in [1.807, 2.05) is 26.0 Å². The number of alkyl halides is 3. The van der Waals surface area contributed by atoms with E-state index < -0.39 is 17.6 Å². The van der Waals surface area contributed by atoms with Crippen molar-refractivity contribution in [1.82, 2.24) is 0 Å². The third-order valence-corrected chi connectivity index (χ3v) is 3.19. The highest BCUT2D eigenvalue weighted by Crippen LogP contribution is 2.29. The van der Waals surface area contributed by atoms with Crippen molar-refractivity contribution in [3.05, 3.63) is 59.2 Å². The van der Waals surface area contributed by atoms with Crippen LogP contribution >= 0.6 is 0 Å². The summed E-state index contributed by atoms with van der Waals surface area (Å²) in [5.74, 6) is 0.155. The van der Waals surface area contributed by atoms with Gasteiger partial charge in [-0.15, -0.1) is 0 Å². The zero-order valence-electron chi connectivity index (χ0n) is 12.7. The average Bonchev–Trinajstić information content (AvgIpc) is 2.46. The van der Waals surface area contributed by atoms with Crippen molar-refractivity contribution in [3.63, 3.8) is 0 Å². The SMILES string of the molecule is Cc1ccc(OCC(=O)Nc2ccc(C(F)(F)F)cc2)c(C)c1. The highest BCUT2D eigenvalue weighted by Gasteiger charge is 2.29. The molecule has 0 spiro atoms. The fourth-order valence-electron chi connectivity index (χ4n) is 2.04. The van der Waals surface area contributed by atoms with Gasteiger partial charge >= 0.3 is 6.18 Å². The molecule has 0 saturated heterocycles. The van der Waals surface area contributed by atoms with Crippen molar-refractivity contribution >= 4 is 11.6 Å². The first-order chi connectivity index (χ1) is 10.8. The van der Waals surface area contributed by atoms with Gasteiger partial charge in [0.25, 0.3) is 5.91 Å². The molecule has 2 aromatic rings. The molecule has 0 bridgehead atoms. The number of nitrogens with one attached hydrogen (secondary N) is 1. The molecule has 6 heteroatoms. The molecule has 2 rings (SSSR count). The van der Waals surface area contributed by atoms with E-state index in [0.29, 0.717) is 5.75 Å². The molecular formula is C17H16F3NO2. The van der Waals surface area contributed by atoms with E-state index in [4.69, 9.17) is 4.74 Å². The van der Waals surface area contributed by atoms with Gasteiger partial charge in [-0.25, -0.2) is 0 Å². The highest BCUT2D eigenvalue weighted by molar-refractivity contribution is 5.91. The monoisotopic (exact) mass is 323 g/mol. The van der Waals surface area contributed by atoms with Crippen LogP contribution in [-0.4, -0.2) is 12.5 Å². The molecule has 0 radical (unpaired) electrons. The Morgan fingerprint density at radius 3 is 2.30 bits per heavy atom.